The van der Waals surface area contributed by atoms with Crippen molar-refractivity contribution < 1.29 is 4.79 Å². The maximum atomic E-state index is 13.1. The summed E-state index contributed by atoms with van der Waals surface area (Å²) in [7, 11) is 0. The van der Waals surface area contributed by atoms with Crippen LogP contribution in [-0.4, -0.2) is 29.7 Å². The Hall–Kier alpha value is -2.11. The second-order valence-corrected chi connectivity index (χ2v) is 9.28. The van der Waals surface area contributed by atoms with Crippen LogP contribution in [0.15, 0.2) is 52.0 Å². The van der Waals surface area contributed by atoms with Gasteiger partial charge in [-0.1, -0.05) is 57.7 Å². The number of piperidine rings is 1. The summed E-state index contributed by atoms with van der Waals surface area (Å²) in [4.78, 5) is 13.1. The molecule has 160 valence electrons. The maximum Gasteiger partial charge on any atom is 0.283 e. The maximum absolute atomic E-state index is 13.1. The highest BCUT2D eigenvalue weighted by Gasteiger charge is 2.43. The van der Waals surface area contributed by atoms with E-state index in [2.05, 4.69) is 32.5 Å². The number of hydrazine groups is 1. The highest BCUT2D eigenvalue weighted by molar-refractivity contribution is 9.10. The summed E-state index contributed by atoms with van der Waals surface area (Å²) in [6.07, 6.45) is 3.22. The Morgan fingerprint density at radius 2 is 1.84 bits per heavy atom. The number of carbonyl (C=O) groups excluding carboxylic acids is 1. The molecular weight excluding hydrogens is 501 g/mol. The first-order chi connectivity index (χ1) is 15.0. The number of rotatable bonds is 4. The highest BCUT2D eigenvalue weighted by Crippen LogP contribution is 2.42. The van der Waals surface area contributed by atoms with Crippen LogP contribution in [0.2, 0.25) is 10.0 Å². The van der Waals surface area contributed by atoms with Crippen molar-refractivity contribution in [3.63, 3.8) is 0 Å². The molecule has 2 atom stereocenters. The molecule has 2 aromatic rings. The normalized spacial score (nSPS) is 21.5. The monoisotopic (exact) mass is 519 g/mol. The van der Waals surface area contributed by atoms with Crippen molar-refractivity contribution in [2.45, 2.75) is 25.3 Å². The van der Waals surface area contributed by atoms with Crippen LogP contribution in [-0.2, 0) is 4.79 Å². The van der Waals surface area contributed by atoms with Gasteiger partial charge in [0.2, 0.25) is 0 Å². The summed E-state index contributed by atoms with van der Waals surface area (Å²) in [6, 6.07) is 14.5. The van der Waals surface area contributed by atoms with Gasteiger partial charge in [-0.2, -0.15) is 10.4 Å². The summed E-state index contributed by atoms with van der Waals surface area (Å²) >= 11 is 16.0. The summed E-state index contributed by atoms with van der Waals surface area (Å²) in [5.74, 6) is -1.12. The van der Waals surface area contributed by atoms with Gasteiger partial charge in [-0.3, -0.25) is 15.2 Å². The number of anilines is 1. The lowest BCUT2D eigenvalue weighted by Gasteiger charge is -2.27. The minimum Gasteiger partial charge on any atom is -0.284 e. The van der Waals surface area contributed by atoms with Gasteiger partial charge in [0.1, 0.15) is 11.6 Å². The molecule has 1 saturated heterocycles. The highest BCUT2D eigenvalue weighted by atomic mass is 79.9. The molecule has 0 aromatic heterocycles. The van der Waals surface area contributed by atoms with Crippen LogP contribution in [0.3, 0.4) is 0 Å². The van der Waals surface area contributed by atoms with E-state index in [0.717, 1.165) is 42.4 Å². The van der Waals surface area contributed by atoms with Crippen LogP contribution in [0.4, 0.5) is 5.69 Å². The third kappa shape index (κ3) is 4.73. The molecule has 1 N–H and O–H groups in total. The van der Waals surface area contributed by atoms with Gasteiger partial charge < -0.3 is 0 Å². The number of benzene rings is 2. The van der Waals surface area contributed by atoms with Gasteiger partial charge in [-0.15, -0.1) is 0 Å². The third-order valence-corrected chi connectivity index (χ3v) is 6.51. The van der Waals surface area contributed by atoms with E-state index in [0.29, 0.717) is 15.7 Å². The molecule has 9 heteroatoms. The van der Waals surface area contributed by atoms with Gasteiger partial charge in [-0.25, -0.2) is 5.01 Å². The number of hydrogen-bond donors (Lipinski definition) is 1. The molecule has 2 aliphatic rings. The average molecular weight is 521 g/mol. The fourth-order valence-corrected chi connectivity index (χ4v) is 4.68. The Kier molecular flexibility index (Phi) is 6.83. The van der Waals surface area contributed by atoms with Crippen molar-refractivity contribution in [1.82, 2.24) is 10.4 Å². The lowest BCUT2D eigenvalue weighted by Crippen LogP contribution is -2.48. The predicted molar refractivity (Wildman–Crippen MR) is 126 cm³/mol. The first-order valence-electron chi connectivity index (χ1n) is 10.0. The molecular formula is C22H20BrCl2N5O. The summed E-state index contributed by atoms with van der Waals surface area (Å²) < 4.78 is 0.919. The average Bonchev–Trinajstić information content (AvgIpc) is 3.14. The molecule has 0 aliphatic carbocycles. The van der Waals surface area contributed by atoms with Crippen molar-refractivity contribution >= 4 is 56.4 Å². The van der Waals surface area contributed by atoms with Crippen LogP contribution in [0.5, 0.6) is 0 Å². The smallest absolute Gasteiger partial charge is 0.283 e. The Balaban J connectivity index is 1.73. The summed E-state index contributed by atoms with van der Waals surface area (Å²) in [5.41, 5.74) is 4.53. The quantitative estimate of drug-likeness (QED) is 0.591. The lowest BCUT2D eigenvalue weighted by atomic mass is 9.90. The van der Waals surface area contributed by atoms with Crippen molar-refractivity contribution in [3.8, 4) is 6.07 Å². The van der Waals surface area contributed by atoms with Gasteiger partial charge in [0, 0.05) is 22.6 Å². The first kappa shape index (κ1) is 22.1. The zero-order valence-corrected chi connectivity index (χ0v) is 19.7. The molecule has 4 rings (SSSR count). The molecule has 2 aliphatic heterocycles. The summed E-state index contributed by atoms with van der Waals surface area (Å²) in [6.45, 7) is 1.58. The molecule has 0 saturated carbocycles. The molecule has 0 bridgehead atoms. The fraction of sp³-hybridized carbons (Fsp3) is 0.318. The molecule has 2 unspecified atom stereocenters. The molecule has 6 nitrogen and oxygen atoms in total. The fourth-order valence-electron chi connectivity index (χ4n) is 3.92. The molecule has 1 fully saturated rings. The first-order valence-corrected chi connectivity index (χ1v) is 11.6. The minimum atomic E-state index is -0.766. The number of hydrogen-bond acceptors (Lipinski definition) is 5. The van der Waals surface area contributed by atoms with E-state index < -0.39 is 12.0 Å². The minimum absolute atomic E-state index is 0.173. The van der Waals surface area contributed by atoms with E-state index in [1.165, 1.54) is 0 Å². The van der Waals surface area contributed by atoms with Gasteiger partial charge in [0.05, 0.1) is 22.8 Å². The summed E-state index contributed by atoms with van der Waals surface area (Å²) in [5, 5.41) is 19.1. The van der Waals surface area contributed by atoms with E-state index in [9.17, 15) is 10.1 Å². The number of nitriles is 1. The number of amides is 1. The molecule has 0 spiro atoms. The van der Waals surface area contributed by atoms with Crippen molar-refractivity contribution in [2.24, 2.45) is 11.0 Å². The molecule has 1 amide bonds. The number of hydrazone groups is 1. The number of carbonyl (C=O) groups is 1. The van der Waals surface area contributed by atoms with Crippen molar-refractivity contribution in [3.05, 3.63) is 62.5 Å². The second kappa shape index (κ2) is 9.58. The van der Waals surface area contributed by atoms with E-state index in [1.54, 1.807) is 23.2 Å². The topological polar surface area (TPSA) is 71.7 Å². The van der Waals surface area contributed by atoms with E-state index in [-0.39, 0.29) is 11.6 Å². The molecule has 2 aromatic carbocycles. The van der Waals surface area contributed by atoms with E-state index in [1.807, 2.05) is 29.3 Å². The lowest BCUT2D eigenvalue weighted by molar-refractivity contribution is -0.119. The van der Waals surface area contributed by atoms with Crippen molar-refractivity contribution in [2.75, 3.05) is 18.1 Å². The Bertz CT molecular complexity index is 1050. The van der Waals surface area contributed by atoms with Crippen LogP contribution >= 0.6 is 39.1 Å². The van der Waals surface area contributed by atoms with Gasteiger partial charge >= 0.3 is 0 Å². The van der Waals surface area contributed by atoms with Crippen LogP contribution in [0.25, 0.3) is 0 Å². The Morgan fingerprint density at radius 1 is 1.13 bits per heavy atom. The molecule has 31 heavy (non-hydrogen) atoms. The van der Waals surface area contributed by atoms with Gasteiger partial charge in [0.15, 0.2) is 0 Å². The van der Waals surface area contributed by atoms with E-state index in [4.69, 9.17) is 23.2 Å². The SMILES string of the molecule is N#CC1C(C(=O)NN2CCCCC2)=NN(c2ccc(Cl)cc2Cl)C1c1ccc(Br)cc1. The zero-order valence-electron chi connectivity index (χ0n) is 16.6. The number of nitrogens with one attached hydrogen (secondary N) is 1. The number of halogens is 3. The van der Waals surface area contributed by atoms with Crippen molar-refractivity contribution in [1.29, 1.82) is 5.26 Å². The largest absolute Gasteiger partial charge is 0.284 e. The zero-order chi connectivity index (χ0) is 22.0. The van der Waals surface area contributed by atoms with Crippen LogP contribution in [0, 0.1) is 17.2 Å². The second-order valence-electron chi connectivity index (χ2n) is 7.52. The third-order valence-electron chi connectivity index (χ3n) is 5.44. The van der Waals surface area contributed by atoms with E-state index >= 15 is 0 Å². The van der Waals surface area contributed by atoms with Crippen LogP contribution in [0.1, 0.15) is 30.9 Å². The Morgan fingerprint density at radius 3 is 2.48 bits per heavy atom. The van der Waals surface area contributed by atoms with Gasteiger partial charge in [-0.05, 0) is 48.7 Å². The Labute approximate surface area is 199 Å². The molecule has 0 radical (unpaired) electrons. The standard InChI is InChI=1S/C22H20BrCl2N5O/c23-15-6-4-14(5-7-15)21-17(13-26)20(22(31)28-29-10-2-1-3-11-29)27-30(21)19-9-8-16(24)12-18(19)25/h4-9,12,17,21H,1-3,10-11H2,(H,28,31). The van der Waals surface area contributed by atoms with Crippen LogP contribution < -0.4 is 10.4 Å². The number of nitrogens with zero attached hydrogens (tertiary/aromatic N) is 4. The molecule has 2 heterocycles. The van der Waals surface area contributed by atoms with Gasteiger partial charge in [0.25, 0.3) is 5.91 Å². The predicted octanol–water partition coefficient (Wildman–Crippen LogP) is 5.33.